The van der Waals surface area contributed by atoms with E-state index in [1.54, 1.807) is 0 Å². The average Bonchev–Trinajstić information content (AvgIpc) is 2.41. The van der Waals surface area contributed by atoms with Crippen LogP contribution in [0.4, 0.5) is 5.82 Å². The van der Waals surface area contributed by atoms with E-state index in [0.29, 0.717) is 18.9 Å². The van der Waals surface area contributed by atoms with Crippen molar-refractivity contribution in [1.82, 2.24) is 14.6 Å². The van der Waals surface area contributed by atoms with Crippen molar-refractivity contribution >= 4 is 33.3 Å². The van der Waals surface area contributed by atoms with Crippen molar-refractivity contribution in [3.63, 3.8) is 0 Å². The molecule has 1 aromatic heterocycles. The fraction of sp³-hybridized carbons (Fsp3) is 0.455. The third kappa shape index (κ3) is 3.02. The number of carbonyl (C=O) groups excluding carboxylic acids is 1. The van der Waals surface area contributed by atoms with Crippen LogP contribution < -0.4 is 10.6 Å². The van der Waals surface area contributed by atoms with E-state index in [1.807, 2.05) is 6.92 Å². The van der Waals surface area contributed by atoms with E-state index in [0.717, 1.165) is 4.31 Å². The minimum absolute atomic E-state index is 0.0150. The Morgan fingerprint density at radius 3 is 2.90 bits per heavy atom. The molecule has 0 unspecified atom stereocenters. The fourth-order valence-corrected chi connectivity index (χ4v) is 3.50. The zero-order valence-corrected chi connectivity index (χ0v) is 12.5. The third-order valence-electron chi connectivity index (χ3n) is 2.80. The predicted octanol–water partition coefficient (Wildman–Crippen LogP) is 0.287. The SMILES string of the molecule is CCNc1ncc(S(=O)(=O)N2CCNC(=O)C2)cc1Cl. The quantitative estimate of drug-likeness (QED) is 0.832. The van der Waals surface area contributed by atoms with Gasteiger partial charge in [-0.2, -0.15) is 4.31 Å². The number of anilines is 1. The molecule has 0 saturated carbocycles. The number of aromatic nitrogens is 1. The van der Waals surface area contributed by atoms with Crippen molar-refractivity contribution in [3.05, 3.63) is 17.3 Å². The molecule has 0 aromatic carbocycles. The van der Waals surface area contributed by atoms with E-state index in [1.165, 1.54) is 12.3 Å². The second kappa shape index (κ2) is 5.94. The summed E-state index contributed by atoms with van der Waals surface area (Å²) in [6, 6.07) is 1.34. The molecular formula is C11H15ClN4O3S. The van der Waals surface area contributed by atoms with Crippen molar-refractivity contribution < 1.29 is 13.2 Å². The number of sulfonamides is 1. The van der Waals surface area contributed by atoms with E-state index < -0.39 is 10.0 Å². The molecule has 2 N–H and O–H groups in total. The Morgan fingerprint density at radius 2 is 2.30 bits per heavy atom. The lowest BCUT2D eigenvalue weighted by molar-refractivity contribution is -0.122. The molecule has 2 rings (SSSR count). The van der Waals surface area contributed by atoms with Crippen LogP contribution in [0.5, 0.6) is 0 Å². The summed E-state index contributed by atoms with van der Waals surface area (Å²) in [7, 11) is -3.75. The Bertz CT molecular complexity index is 620. The highest BCUT2D eigenvalue weighted by atomic mass is 35.5. The third-order valence-corrected chi connectivity index (χ3v) is 4.90. The Morgan fingerprint density at radius 1 is 1.55 bits per heavy atom. The molecule has 2 heterocycles. The summed E-state index contributed by atoms with van der Waals surface area (Å²) in [5, 5.41) is 5.73. The largest absolute Gasteiger partial charge is 0.369 e. The summed E-state index contributed by atoms with van der Waals surface area (Å²) in [6.07, 6.45) is 1.24. The molecule has 1 amide bonds. The van der Waals surface area contributed by atoms with E-state index in [4.69, 9.17) is 11.6 Å². The lowest BCUT2D eigenvalue weighted by atomic mass is 10.4. The topological polar surface area (TPSA) is 91.4 Å². The number of hydrogen-bond acceptors (Lipinski definition) is 5. The lowest BCUT2D eigenvalue weighted by Gasteiger charge is -2.25. The van der Waals surface area contributed by atoms with Crippen LogP contribution in [0.2, 0.25) is 5.02 Å². The van der Waals surface area contributed by atoms with Gasteiger partial charge in [0, 0.05) is 25.8 Å². The van der Waals surface area contributed by atoms with Gasteiger partial charge in [-0.1, -0.05) is 11.6 Å². The Kier molecular flexibility index (Phi) is 4.46. The van der Waals surface area contributed by atoms with Crippen molar-refractivity contribution in [2.45, 2.75) is 11.8 Å². The summed E-state index contributed by atoms with van der Waals surface area (Å²) in [5.41, 5.74) is 0. The molecule has 0 aliphatic carbocycles. The highest BCUT2D eigenvalue weighted by Gasteiger charge is 2.29. The lowest BCUT2D eigenvalue weighted by Crippen LogP contribution is -2.49. The first kappa shape index (κ1) is 15.0. The minimum atomic E-state index is -3.75. The molecule has 1 aliphatic heterocycles. The standard InChI is InChI=1S/C11H15ClN4O3S/c1-2-13-11-9(12)5-8(6-15-11)20(18,19)16-4-3-14-10(17)7-16/h5-6H,2-4,7H2,1H3,(H,13,15)(H,14,17). The zero-order chi connectivity index (χ0) is 14.8. The number of nitrogens with zero attached hydrogens (tertiary/aromatic N) is 2. The van der Waals surface area contributed by atoms with Gasteiger partial charge in [-0.25, -0.2) is 13.4 Å². The summed E-state index contributed by atoms with van der Waals surface area (Å²) in [4.78, 5) is 15.3. The monoisotopic (exact) mass is 318 g/mol. The second-order valence-corrected chi connectivity index (χ2v) is 6.57. The number of halogens is 1. The number of amides is 1. The van der Waals surface area contributed by atoms with Crippen molar-refractivity contribution in [2.75, 3.05) is 31.5 Å². The van der Waals surface area contributed by atoms with E-state index in [-0.39, 0.29) is 28.9 Å². The van der Waals surface area contributed by atoms with Crippen molar-refractivity contribution in [1.29, 1.82) is 0 Å². The fourth-order valence-electron chi connectivity index (χ4n) is 1.83. The second-order valence-electron chi connectivity index (χ2n) is 4.22. The zero-order valence-electron chi connectivity index (χ0n) is 10.9. The molecule has 1 aromatic rings. The van der Waals surface area contributed by atoms with E-state index in [9.17, 15) is 13.2 Å². The molecule has 1 fully saturated rings. The maximum Gasteiger partial charge on any atom is 0.245 e. The minimum Gasteiger partial charge on any atom is -0.369 e. The smallest absolute Gasteiger partial charge is 0.245 e. The Labute approximate surface area is 122 Å². The summed E-state index contributed by atoms with van der Waals surface area (Å²) in [6.45, 7) is 2.87. The van der Waals surface area contributed by atoms with Crippen LogP contribution in [0, 0.1) is 0 Å². The number of hydrogen-bond donors (Lipinski definition) is 2. The van der Waals surface area contributed by atoms with Crippen LogP contribution in [0.1, 0.15) is 6.92 Å². The number of carbonyl (C=O) groups is 1. The normalized spacial score (nSPS) is 16.8. The highest BCUT2D eigenvalue weighted by molar-refractivity contribution is 7.89. The first-order valence-corrected chi connectivity index (χ1v) is 7.93. The maximum absolute atomic E-state index is 12.4. The van der Waals surface area contributed by atoms with Crippen LogP contribution >= 0.6 is 11.6 Å². The molecule has 0 atom stereocenters. The molecule has 20 heavy (non-hydrogen) atoms. The van der Waals surface area contributed by atoms with E-state index in [2.05, 4.69) is 15.6 Å². The molecule has 0 radical (unpaired) electrons. The van der Waals surface area contributed by atoms with Crippen LogP contribution in [0.3, 0.4) is 0 Å². The van der Waals surface area contributed by atoms with Gasteiger partial charge in [-0.3, -0.25) is 4.79 Å². The molecule has 9 heteroatoms. The van der Waals surface area contributed by atoms with Crippen LogP contribution in [-0.2, 0) is 14.8 Å². The van der Waals surface area contributed by atoms with Crippen LogP contribution in [0.25, 0.3) is 0 Å². The van der Waals surface area contributed by atoms with Gasteiger partial charge < -0.3 is 10.6 Å². The predicted molar refractivity (Wildman–Crippen MR) is 75.2 cm³/mol. The van der Waals surface area contributed by atoms with Crippen LogP contribution in [0.15, 0.2) is 17.2 Å². The van der Waals surface area contributed by atoms with Gasteiger partial charge in [0.2, 0.25) is 15.9 Å². The van der Waals surface area contributed by atoms with Crippen molar-refractivity contribution in [3.8, 4) is 0 Å². The summed E-state index contributed by atoms with van der Waals surface area (Å²) >= 11 is 5.99. The number of pyridine rings is 1. The molecule has 7 nitrogen and oxygen atoms in total. The molecule has 0 spiro atoms. The van der Waals surface area contributed by atoms with Gasteiger partial charge in [-0.15, -0.1) is 0 Å². The van der Waals surface area contributed by atoms with Gasteiger partial charge in [0.15, 0.2) is 0 Å². The first-order valence-electron chi connectivity index (χ1n) is 6.11. The average molecular weight is 319 g/mol. The number of piperazine rings is 1. The molecule has 0 bridgehead atoms. The summed E-state index contributed by atoms with van der Waals surface area (Å²) < 4.78 is 25.9. The molecule has 110 valence electrons. The van der Waals surface area contributed by atoms with E-state index >= 15 is 0 Å². The Balaban J connectivity index is 2.29. The van der Waals surface area contributed by atoms with Gasteiger partial charge in [0.25, 0.3) is 0 Å². The first-order chi connectivity index (χ1) is 9.45. The van der Waals surface area contributed by atoms with Gasteiger partial charge >= 0.3 is 0 Å². The molecular weight excluding hydrogens is 304 g/mol. The number of rotatable bonds is 4. The maximum atomic E-state index is 12.4. The highest BCUT2D eigenvalue weighted by Crippen LogP contribution is 2.24. The Hall–Kier alpha value is -1.38. The van der Waals surface area contributed by atoms with Crippen LogP contribution in [-0.4, -0.2) is 49.8 Å². The van der Waals surface area contributed by atoms with Crippen molar-refractivity contribution in [2.24, 2.45) is 0 Å². The molecule has 1 aliphatic rings. The van der Waals surface area contributed by atoms with Gasteiger partial charge in [0.1, 0.15) is 10.7 Å². The number of nitrogens with one attached hydrogen (secondary N) is 2. The molecule has 1 saturated heterocycles. The van der Waals surface area contributed by atoms with Gasteiger partial charge in [-0.05, 0) is 13.0 Å². The summed E-state index contributed by atoms with van der Waals surface area (Å²) in [5.74, 6) is 0.118. The van der Waals surface area contributed by atoms with Gasteiger partial charge in [0.05, 0.1) is 11.6 Å².